The minimum absolute atomic E-state index is 0.103. The van der Waals surface area contributed by atoms with Crippen molar-refractivity contribution >= 4 is 23.5 Å². The number of rotatable bonds is 12. The van der Waals surface area contributed by atoms with Gasteiger partial charge in [-0.05, 0) is 70.9 Å². The van der Waals surface area contributed by atoms with E-state index in [1.807, 2.05) is 23.5 Å². The number of hydrogen-bond donors (Lipinski definition) is 2. The molecule has 324 valence electrons. The summed E-state index contributed by atoms with van der Waals surface area (Å²) in [7, 11) is 0. The lowest BCUT2D eigenvalue weighted by molar-refractivity contribution is 0.450. The first-order valence-corrected chi connectivity index (χ1v) is 24.9. The first kappa shape index (κ1) is 45.6. The summed E-state index contributed by atoms with van der Waals surface area (Å²) < 4.78 is 0. The van der Waals surface area contributed by atoms with E-state index >= 15 is 0 Å². The van der Waals surface area contributed by atoms with Crippen LogP contribution in [0.2, 0.25) is 0 Å². The number of thioether (sulfide) groups is 2. The number of phenols is 2. The van der Waals surface area contributed by atoms with Crippen LogP contribution in [0.15, 0.2) is 146 Å². The molecule has 1 fully saturated rings. The Morgan fingerprint density at radius 3 is 0.968 bits per heavy atom. The van der Waals surface area contributed by atoms with Crippen LogP contribution in [0.3, 0.4) is 0 Å². The fourth-order valence-electron chi connectivity index (χ4n) is 9.47. The fourth-order valence-corrected chi connectivity index (χ4v) is 12.5. The predicted molar refractivity (Wildman–Crippen MR) is 268 cm³/mol. The van der Waals surface area contributed by atoms with E-state index in [0.717, 1.165) is 68.9 Å². The first-order chi connectivity index (χ1) is 29.6. The topological polar surface area (TPSA) is 40.5 Å². The number of benzene rings is 6. The van der Waals surface area contributed by atoms with Gasteiger partial charge in [-0.2, -0.15) is 23.5 Å². The van der Waals surface area contributed by atoms with E-state index in [-0.39, 0.29) is 10.8 Å². The highest BCUT2D eigenvalue weighted by molar-refractivity contribution is 8.03. The fraction of sp³-hybridized carbons (Fsp3) is 0.379. The zero-order valence-corrected chi connectivity index (χ0v) is 40.0. The van der Waals surface area contributed by atoms with Crippen LogP contribution in [0.5, 0.6) is 11.5 Å². The van der Waals surface area contributed by atoms with Gasteiger partial charge in [-0.25, -0.2) is 0 Å². The Balaban J connectivity index is 1.24. The lowest BCUT2D eigenvalue weighted by Crippen LogP contribution is -2.27. The Kier molecular flexibility index (Phi) is 14.1. The van der Waals surface area contributed by atoms with Crippen molar-refractivity contribution in [2.45, 2.75) is 138 Å². The molecule has 0 spiro atoms. The van der Waals surface area contributed by atoms with Gasteiger partial charge in [0.1, 0.15) is 11.5 Å². The molecule has 6 aromatic carbocycles. The summed E-state index contributed by atoms with van der Waals surface area (Å²) in [5, 5.41) is 25.9. The lowest BCUT2D eigenvalue weighted by Gasteiger charge is -2.35. The zero-order valence-electron chi connectivity index (χ0n) is 38.4. The summed E-state index contributed by atoms with van der Waals surface area (Å²) >= 11 is 4.06. The van der Waals surface area contributed by atoms with Crippen molar-refractivity contribution in [3.05, 3.63) is 201 Å². The van der Waals surface area contributed by atoms with Crippen LogP contribution in [0.1, 0.15) is 150 Å². The zero-order chi connectivity index (χ0) is 44.1. The maximum absolute atomic E-state index is 12.5. The average Bonchev–Trinajstić information content (AvgIpc) is 3.26. The van der Waals surface area contributed by atoms with Crippen LogP contribution < -0.4 is 0 Å². The van der Waals surface area contributed by atoms with E-state index in [1.165, 1.54) is 36.8 Å². The van der Waals surface area contributed by atoms with Crippen molar-refractivity contribution in [2.24, 2.45) is 0 Å². The SMILES string of the molecule is CC(C)(C)c1cc(CSC2CCCCCCC2SCc2cc(C(C)(C)C)cc(C(C)(c3ccccc3)c3ccccc3)c2O)c(O)c(C(C)(c2ccccc2)c2ccccc2)c1. The molecule has 4 heteroatoms. The van der Waals surface area contributed by atoms with Gasteiger partial charge in [0.05, 0.1) is 0 Å². The van der Waals surface area contributed by atoms with Crippen LogP contribution in [-0.4, -0.2) is 20.7 Å². The Morgan fingerprint density at radius 2 is 0.694 bits per heavy atom. The highest BCUT2D eigenvalue weighted by Gasteiger charge is 2.38. The minimum Gasteiger partial charge on any atom is -0.507 e. The van der Waals surface area contributed by atoms with Gasteiger partial charge in [0.15, 0.2) is 0 Å². The van der Waals surface area contributed by atoms with Crippen molar-refractivity contribution in [1.29, 1.82) is 0 Å². The molecule has 1 aliphatic carbocycles. The minimum atomic E-state index is -0.550. The molecule has 0 heterocycles. The highest BCUT2D eigenvalue weighted by atomic mass is 32.2. The van der Waals surface area contributed by atoms with E-state index in [0.29, 0.717) is 22.0 Å². The van der Waals surface area contributed by atoms with E-state index in [1.54, 1.807) is 0 Å². The van der Waals surface area contributed by atoms with Gasteiger partial charge in [-0.15, -0.1) is 0 Å². The van der Waals surface area contributed by atoms with E-state index < -0.39 is 10.8 Å². The Morgan fingerprint density at radius 1 is 0.403 bits per heavy atom. The Hall–Kier alpha value is -4.38. The summed E-state index contributed by atoms with van der Waals surface area (Å²) in [6.07, 6.45) is 7.28. The standard InChI is InChI=1S/C58H68O2S2/c1-55(2,3)47-35-41(53(59)49(37-47)57(7,43-25-15-11-16-26-43)44-27-17-12-18-28-44)39-61-51-33-23-9-10-24-34-52(51)62-40-42-36-48(56(4,5)6)38-50(54(42)60)58(8,45-29-19-13-20-30-45)46-31-21-14-22-32-46/h11-22,25-32,35-38,51-52,59-60H,9-10,23-24,33-34,39-40H2,1-8H3. The number of phenolic OH excluding ortho intramolecular Hbond substituents is 2. The third-order valence-electron chi connectivity index (χ3n) is 13.6. The third kappa shape index (κ3) is 9.73. The lowest BCUT2D eigenvalue weighted by atomic mass is 9.69. The van der Waals surface area contributed by atoms with Crippen molar-refractivity contribution in [1.82, 2.24) is 0 Å². The highest BCUT2D eigenvalue weighted by Crippen LogP contribution is 2.49. The second-order valence-electron chi connectivity index (χ2n) is 20.0. The second-order valence-corrected chi connectivity index (χ2v) is 22.4. The molecule has 2 atom stereocenters. The summed E-state index contributed by atoms with van der Waals surface area (Å²) in [6.45, 7) is 18.2. The molecule has 0 aromatic heterocycles. The Bertz CT molecular complexity index is 2130. The molecule has 6 aromatic rings. The molecule has 1 saturated carbocycles. The number of hydrogen-bond acceptors (Lipinski definition) is 4. The molecule has 2 N–H and O–H groups in total. The molecular weight excluding hydrogens is 793 g/mol. The molecule has 1 aliphatic rings. The van der Waals surface area contributed by atoms with E-state index in [4.69, 9.17) is 0 Å². The summed E-state index contributed by atoms with van der Waals surface area (Å²) in [6, 6.07) is 51.8. The molecule has 0 amide bonds. The van der Waals surface area contributed by atoms with Gasteiger partial charge in [-0.3, -0.25) is 0 Å². The average molecular weight is 861 g/mol. The van der Waals surface area contributed by atoms with Crippen LogP contribution in [-0.2, 0) is 33.2 Å². The maximum Gasteiger partial charge on any atom is 0.124 e. The summed E-state index contributed by atoms with van der Waals surface area (Å²) in [5.41, 5.74) is 9.79. The van der Waals surface area contributed by atoms with Crippen molar-refractivity contribution in [3.63, 3.8) is 0 Å². The Labute approximate surface area is 382 Å². The van der Waals surface area contributed by atoms with Crippen LogP contribution in [0.25, 0.3) is 0 Å². The molecular formula is C58H68O2S2. The van der Waals surface area contributed by atoms with Gasteiger partial charge in [-0.1, -0.05) is 213 Å². The number of aromatic hydroxyl groups is 2. The van der Waals surface area contributed by atoms with Crippen molar-refractivity contribution in [2.75, 3.05) is 0 Å². The van der Waals surface area contributed by atoms with Gasteiger partial charge in [0, 0.05) is 55.1 Å². The van der Waals surface area contributed by atoms with Crippen molar-refractivity contribution in [3.8, 4) is 11.5 Å². The molecule has 7 rings (SSSR count). The van der Waals surface area contributed by atoms with Crippen LogP contribution in [0.4, 0.5) is 0 Å². The van der Waals surface area contributed by atoms with Gasteiger partial charge in [0.2, 0.25) is 0 Å². The monoisotopic (exact) mass is 860 g/mol. The van der Waals surface area contributed by atoms with Gasteiger partial charge >= 0.3 is 0 Å². The molecule has 0 aliphatic heterocycles. The smallest absolute Gasteiger partial charge is 0.124 e. The molecule has 62 heavy (non-hydrogen) atoms. The second kappa shape index (κ2) is 19.2. The summed E-state index contributed by atoms with van der Waals surface area (Å²) in [4.78, 5) is 0. The maximum atomic E-state index is 12.5. The van der Waals surface area contributed by atoms with Gasteiger partial charge < -0.3 is 10.2 Å². The molecule has 0 bridgehead atoms. The predicted octanol–water partition coefficient (Wildman–Crippen LogP) is 15.7. The quantitative estimate of drug-likeness (QED) is 0.120. The van der Waals surface area contributed by atoms with E-state index in [9.17, 15) is 10.2 Å². The molecule has 0 saturated heterocycles. The molecule has 0 radical (unpaired) electrons. The van der Waals surface area contributed by atoms with Crippen molar-refractivity contribution < 1.29 is 10.2 Å². The van der Waals surface area contributed by atoms with Crippen LogP contribution in [0, 0.1) is 0 Å². The molecule has 2 nitrogen and oxygen atoms in total. The third-order valence-corrected chi connectivity index (χ3v) is 16.8. The van der Waals surface area contributed by atoms with Crippen LogP contribution >= 0.6 is 23.5 Å². The first-order valence-electron chi connectivity index (χ1n) is 22.8. The molecule has 2 unspecified atom stereocenters. The largest absolute Gasteiger partial charge is 0.507 e. The van der Waals surface area contributed by atoms with E-state index in [2.05, 4.69) is 201 Å². The van der Waals surface area contributed by atoms with Gasteiger partial charge in [0.25, 0.3) is 0 Å². The summed E-state index contributed by atoms with van der Waals surface area (Å²) in [5.74, 6) is 2.30. The normalized spacial score (nSPS) is 16.7.